The highest BCUT2D eigenvalue weighted by Gasteiger charge is 2.25. The van der Waals surface area contributed by atoms with E-state index in [4.69, 9.17) is 0 Å². The third-order valence-corrected chi connectivity index (χ3v) is 5.39. The fraction of sp³-hybridized carbons (Fsp3) is 0.526. The van der Waals surface area contributed by atoms with Gasteiger partial charge in [-0.1, -0.05) is 12.1 Å². The predicted molar refractivity (Wildman–Crippen MR) is 98.1 cm³/mol. The molecule has 1 unspecified atom stereocenters. The summed E-state index contributed by atoms with van der Waals surface area (Å²) in [7, 11) is 0. The zero-order valence-electron chi connectivity index (χ0n) is 15.2. The normalized spacial score (nSPS) is 19.8. The molecule has 1 saturated heterocycles. The number of carbonyl (C=O) groups is 1. The Hall–Kier alpha value is -2.48. The van der Waals surface area contributed by atoms with Gasteiger partial charge in [-0.2, -0.15) is 5.10 Å². The number of carbonyl (C=O) groups excluding carboxylic acids is 1. The summed E-state index contributed by atoms with van der Waals surface area (Å²) >= 11 is 0. The molecule has 27 heavy (non-hydrogen) atoms. The zero-order valence-corrected chi connectivity index (χ0v) is 15.2. The van der Waals surface area contributed by atoms with Crippen LogP contribution >= 0.6 is 0 Å². The predicted octanol–water partition coefficient (Wildman–Crippen LogP) is 1.02. The maximum absolute atomic E-state index is 13.7. The molecule has 4 rings (SSSR count). The Bertz CT molecular complexity index is 890. The molecule has 2 aromatic rings. The van der Waals surface area contributed by atoms with Crippen LogP contribution in [0.2, 0.25) is 0 Å². The Morgan fingerprint density at radius 1 is 1.22 bits per heavy atom. The Balaban J connectivity index is 1.30. The van der Waals surface area contributed by atoms with Crippen molar-refractivity contribution in [1.29, 1.82) is 0 Å². The summed E-state index contributed by atoms with van der Waals surface area (Å²) in [5.74, 6) is 0.00798. The van der Waals surface area contributed by atoms with Gasteiger partial charge in [0.05, 0.1) is 12.1 Å². The van der Waals surface area contributed by atoms with E-state index in [1.165, 1.54) is 12.1 Å². The van der Waals surface area contributed by atoms with E-state index in [9.17, 15) is 14.0 Å². The molecule has 1 fully saturated rings. The maximum Gasteiger partial charge on any atom is 0.345 e. The summed E-state index contributed by atoms with van der Waals surface area (Å²) in [6.45, 7) is 3.56. The first-order chi connectivity index (χ1) is 13.1. The van der Waals surface area contributed by atoms with Crippen LogP contribution in [0, 0.1) is 5.82 Å². The molecule has 1 atom stereocenters. The van der Waals surface area contributed by atoms with Crippen molar-refractivity contribution in [3.8, 4) is 0 Å². The van der Waals surface area contributed by atoms with Gasteiger partial charge in [-0.05, 0) is 31.4 Å². The number of halogens is 1. The van der Waals surface area contributed by atoms with Gasteiger partial charge in [0.2, 0.25) is 0 Å². The number of fused-ring (bicyclic) bond motifs is 1. The maximum atomic E-state index is 13.7. The first kappa shape index (κ1) is 17.9. The molecule has 1 N–H and O–H groups in total. The monoisotopic (exact) mass is 373 g/mol. The number of aromatic nitrogens is 3. The molecule has 1 aromatic carbocycles. The highest BCUT2D eigenvalue weighted by molar-refractivity contribution is 5.94. The fourth-order valence-corrected chi connectivity index (χ4v) is 3.89. The number of rotatable bonds is 5. The summed E-state index contributed by atoms with van der Waals surface area (Å²) in [5, 5.41) is 7.36. The second-order valence-electron chi connectivity index (χ2n) is 7.27. The van der Waals surface area contributed by atoms with Crippen molar-refractivity contribution < 1.29 is 9.18 Å². The zero-order chi connectivity index (χ0) is 18.8. The first-order valence-corrected chi connectivity index (χ1v) is 9.56. The van der Waals surface area contributed by atoms with Crippen molar-refractivity contribution in [3.05, 3.63) is 52.0 Å². The minimum Gasteiger partial charge on any atom is -0.348 e. The molecule has 7 nitrogen and oxygen atoms in total. The van der Waals surface area contributed by atoms with E-state index in [1.54, 1.807) is 21.4 Å². The minimum atomic E-state index is -0.507. The lowest BCUT2D eigenvalue weighted by atomic mass is 10.1. The molecule has 2 aliphatic rings. The van der Waals surface area contributed by atoms with Gasteiger partial charge >= 0.3 is 5.69 Å². The molecule has 0 saturated carbocycles. The summed E-state index contributed by atoms with van der Waals surface area (Å²) in [6, 6.07) is 5.99. The number of hydrogen-bond acceptors (Lipinski definition) is 4. The second-order valence-corrected chi connectivity index (χ2v) is 7.27. The molecule has 0 aliphatic carbocycles. The summed E-state index contributed by atoms with van der Waals surface area (Å²) in [6.07, 6.45) is 3.81. The van der Waals surface area contributed by atoms with Crippen LogP contribution in [0.5, 0.6) is 0 Å². The van der Waals surface area contributed by atoms with Gasteiger partial charge in [0.25, 0.3) is 5.91 Å². The Labute approximate surface area is 156 Å². The molecular formula is C19H24FN5O2. The molecule has 0 bridgehead atoms. The van der Waals surface area contributed by atoms with Crippen LogP contribution in [0.3, 0.4) is 0 Å². The smallest absolute Gasteiger partial charge is 0.345 e. The summed E-state index contributed by atoms with van der Waals surface area (Å²) in [5.41, 5.74) is 0.0550. The van der Waals surface area contributed by atoms with Crippen LogP contribution in [0.15, 0.2) is 29.1 Å². The summed E-state index contributed by atoms with van der Waals surface area (Å²) in [4.78, 5) is 26.8. The van der Waals surface area contributed by atoms with E-state index in [0.29, 0.717) is 19.6 Å². The number of hydrogen-bond donors (Lipinski definition) is 1. The van der Waals surface area contributed by atoms with Crippen molar-refractivity contribution in [1.82, 2.24) is 24.6 Å². The highest BCUT2D eigenvalue weighted by Crippen LogP contribution is 2.13. The number of nitrogens with one attached hydrogen (secondary N) is 1. The lowest BCUT2D eigenvalue weighted by Gasteiger charge is -2.16. The van der Waals surface area contributed by atoms with Crippen molar-refractivity contribution in [2.24, 2.45) is 0 Å². The third kappa shape index (κ3) is 3.80. The van der Waals surface area contributed by atoms with Crippen LogP contribution < -0.4 is 11.0 Å². The van der Waals surface area contributed by atoms with Gasteiger partial charge in [-0.15, -0.1) is 0 Å². The van der Waals surface area contributed by atoms with E-state index in [1.807, 2.05) is 0 Å². The van der Waals surface area contributed by atoms with E-state index in [-0.39, 0.29) is 23.2 Å². The lowest BCUT2D eigenvalue weighted by Crippen LogP contribution is -2.38. The standard InChI is InChI=1S/C19H24FN5O2/c20-16-6-2-1-5-15(16)18(26)21-14-8-10-23(13-14)11-12-25-19(27)24-9-4-3-7-17(24)22-25/h1-2,5-6,14H,3-4,7-13H2,(H,21,26). The van der Waals surface area contributed by atoms with Crippen molar-refractivity contribution >= 4 is 5.91 Å². The first-order valence-electron chi connectivity index (χ1n) is 9.56. The SMILES string of the molecule is O=C(NC1CCN(CCn2nc3n(c2=O)CCCC3)C1)c1ccccc1F. The molecule has 3 heterocycles. The van der Waals surface area contributed by atoms with Gasteiger partial charge in [0.15, 0.2) is 0 Å². The van der Waals surface area contributed by atoms with E-state index in [2.05, 4.69) is 15.3 Å². The average Bonchev–Trinajstić information content (AvgIpc) is 3.25. The molecule has 0 spiro atoms. The Kier molecular flexibility index (Phi) is 5.07. The van der Waals surface area contributed by atoms with Crippen LogP contribution in [-0.2, 0) is 19.5 Å². The van der Waals surface area contributed by atoms with Crippen molar-refractivity contribution in [2.75, 3.05) is 19.6 Å². The second kappa shape index (κ2) is 7.64. The quantitative estimate of drug-likeness (QED) is 0.850. The Morgan fingerprint density at radius 2 is 2.07 bits per heavy atom. The van der Waals surface area contributed by atoms with Gasteiger partial charge in [-0.3, -0.25) is 14.3 Å². The fourth-order valence-electron chi connectivity index (χ4n) is 3.89. The lowest BCUT2D eigenvalue weighted by molar-refractivity contribution is 0.0933. The topological polar surface area (TPSA) is 72.2 Å². The molecule has 0 radical (unpaired) electrons. The largest absolute Gasteiger partial charge is 0.348 e. The molecule has 144 valence electrons. The van der Waals surface area contributed by atoms with Crippen molar-refractivity contribution in [3.63, 3.8) is 0 Å². The third-order valence-electron chi connectivity index (χ3n) is 5.39. The highest BCUT2D eigenvalue weighted by atomic mass is 19.1. The van der Waals surface area contributed by atoms with Gasteiger partial charge in [0, 0.05) is 38.6 Å². The van der Waals surface area contributed by atoms with Crippen LogP contribution in [-0.4, -0.2) is 50.8 Å². The molecule has 2 aliphatic heterocycles. The number of amides is 1. The van der Waals surface area contributed by atoms with E-state index < -0.39 is 5.82 Å². The number of benzene rings is 1. The molecule has 1 amide bonds. The number of aryl methyl sites for hydroxylation is 1. The van der Waals surface area contributed by atoms with Gasteiger partial charge in [0.1, 0.15) is 11.6 Å². The summed E-state index contributed by atoms with van der Waals surface area (Å²) < 4.78 is 17.1. The average molecular weight is 373 g/mol. The van der Waals surface area contributed by atoms with Crippen LogP contribution in [0.4, 0.5) is 4.39 Å². The number of nitrogens with zero attached hydrogens (tertiary/aromatic N) is 4. The molecular weight excluding hydrogens is 349 g/mol. The van der Waals surface area contributed by atoms with E-state index in [0.717, 1.165) is 44.6 Å². The van der Waals surface area contributed by atoms with Crippen molar-refractivity contribution in [2.45, 2.75) is 44.8 Å². The Morgan fingerprint density at radius 3 is 2.89 bits per heavy atom. The van der Waals surface area contributed by atoms with Gasteiger partial charge in [-0.25, -0.2) is 13.9 Å². The molecule has 1 aromatic heterocycles. The molecule has 8 heteroatoms. The van der Waals surface area contributed by atoms with Crippen LogP contribution in [0.1, 0.15) is 35.4 Å². The van der Waals surface area contributed by atoms with Gasteiger partial charge < -0.3 is 5.32 Å². The van der Waals surface area contributed by atoms with E-state index >= 15 is 0 Å². The number of likely N-dealkylation sites (tertiary alicyclic amines) is 1. The van der Waals surface area contributed by atoms with Crippen LogP contribution in [0.25, 0.3) is 0 Å². The minimum absolute atomic E-state index is 0.0102.